The van der Waals surface area contributed by atoms with Crippen LogP contribution in [-0.2, 0) is 51.2 Å². The molecule has 0 spiro atoms. The van der Waals surface area contributed by atoms with Crippen LogP contribution in [-0.4, -0.2) is 81.4 Å². The Labute approximate surface area is 178 Å². The quantitative estimate of drug-likeness (QED) is 0.339. The summed E-state index contributed by atoms with van der Waals surface area (Å²) in [6.45, 7) is 5.31. The number of nitrogens with two attached hydrogens (primary N) is 1. The van der Waals surface area contributed by atoms with Gasteiger partial charge in [0.25, 0.3) is 0 Å². The first-order chi connectivity index (χ1) is 14.6. The standard InChI is InChI=1S/C18H28N4O9/c1-9-15(29-10(2)23)16(30-11(3)24)17(31-12(4)25)18(28-9)27-8-13-6-22(21-20-13)7-14(26)5-19/h6,9,14-18,26H,5,7-8,19H2,1-4H3/t9-,14?,15+,16+,17-,18+/m0/s1. The van der Waals surface area contributed by atoms with E-state index in [9.17, 15) is 19.5 Å². The van der Waals surface area contributed by atoms with Gasteiger partial charge in [0.1, 0.15) is 5.69 Å². The molecule has 13 nitrogen and oxygen atoms in total. The smallest absolute Gasteiger partial charge is 0.303 e. The fourth-order valence-electron chi connectivity index (χ4n) is 3.06. The molecular weight excluding hydrogens is 416 g/mol. The molecule has 1 aliphatic heterocycles. The van der Waals surface area contributed by atoms with Gasteiger partial charge < -0.3 is 34.5 Å². The van der Waals surface area contributed by atoms with Crippen LogP contribution in [0.15, 0.2) is 6.20 Å². The van der Waals surface area contributed by atoms with Gasteiger partial charge in [-0.3, -0.25) is 14.4 Å². The number of ether oxygens (including phenoxy) is 5. The molecule has 6 atom stereocenters. The van der Waals surface area contributed by atoms with Gasteiger partial charge in [-0.1, -0.05) is 5.21 Å². The van der Waals surface area contributed by atoms with E-state index < -0.39 is 54.7 Å². The van der Waals surface area contributed by atoms with E-state index in [4.69, 9.17) is 29.4 Å². The summed E-state index contributed by atoms with van der Waals surface area (Å²) in [5.41, 5.74) is 5.79. The first kappa shape index (κ1) is 24.7. The van der Waals surface area contributed by atoms with Crippen molar-refractivity contribution < 1.29 is 43.2 Å². The van der Waals surface area contributed by atoms with Gasteiger partial charge >= 0.3 is 17.9 Å². The van der Waals surface area contributed by atoms with Crippen molar-refractivity contribution in [3.63, 3.8) is 0 Å². The summed E-state index contributed by atoms with van der Waals surface area (Å²) < 4.78 is 28.7. The second-order valence-corrected chi connectivity index (χ2v) is 7.06. The highest BCUT2D eigenvalue weighted by atomic mass is 16.7. The molecule has 1 aliphatic rings. The summed E-state index contributed by atoms with van der Waals surface area (Å²) in [6, 6.07) is 0. The minimum absolute atomic E-state index is 0.0740. The van der Waals surface area contributed by atoms with Crippen molar-refractivity contribution >= 4 is 17.9 Å². The van der Waals surface area contributed by atoms with Crippen molar-refractivity contribution in [2.24, 2.45) is 5.73 Å². The van der Waals surface area contributed by atoms with E-state index in [0.717, 1.165) is 0 Å². The molecule has 174 valence electrons. The normalized spacial score (nSPS) is 26.7. The molecule has 1 aromatic rings. The average molecular weight is 444 g/mol. The second kappa shape index (κ2) is 11.1. The predicted molar refractivity (Wildman–Crippen MR) is 101 cm³/mol. The Kier molecular flexibility index (Phi) is 8.86. The summed E-state index contributed by atoms with van der Waals surface area (Å²) in [4.78, 5) is 34.8. The number of nitrogens with zero attached hydrogens (tertiary/aromatic N) is 3. The van der Waals surface area contributed by atoms with Gasteiger partial charge in [-0.25, -0.2) is 4.68 Å². The molecule has 31 heavy (non-hydrogen) atoms. The Morgan fingerprint density at radius 2 is 1.71 bits per heavy atom. The van der Waals surface area contributed by atoms with Crippen LogP contribution in [0.5, 0.6) is 0 Å². The molecule has 0 radical (unpaired) electrons. The molecule has 1 aromatic heterocycles. The molecular formula is C18H28N4O9. The number of hydrogen-bond donors (Lipinski definition) is 2. The number of carbonyl (C=O) groups excluding carboxylic acids is 3. The lowest BCUT2D eigenvalue weighted by Gasteiger charge is -2.43. The van der Waals surface area contributed by atoms with Crippen molar-refractivity contribution in [3.8, 4) is 0 Å². The Balaban J connectivity index is 2.17. The van der Waals surface area contributed by atoms with E-state index in [-0.39, 0.29) is 19.7 Å². The van der Waals surface area contributed by atoms with Crippen LogP contribution < -0.4 is 5.73 Å². The molecule has 1 unspecified atom stereocenters. The van der Waals surface area contributed by atoms with Crippen LogP contribution in [0.4, 0.5) is 0 Å². The molecule has 0 saturated carbocycles. The number of rotatable bonds is 9. The fourth-order valence-corrected chi connectivity index (χ4v) is 3.06. The van der Waals surface area contributed by atoms with E-state index in [1.54, 1.807) is 13.1 Å². The summed E-state index contributed by atoms with van der Waals surface area (Å²) >= 11 is 0. The predicted octanol–water partition coefficient (Wildman–Crippen LogP) is -1.35. The van der Waals surface area contributed by atoms with Crippen molar-refractivity contribution in [3.05, 3.63) is 11.9 Å². The maximum absolute atomic E-state index is 11.7. The minimum atomic E-state index is -1.20. The lowest BCUT2D eigenvalue weighted by Crippen LogP contribution is -2.61. The second-order valence-electron chi connectivity index (χ2n) is 7.06. The highest BCUT2D eigenvalue weighted by Gasteiger charge is 2.51. The Hall–Kier alpha value is -2.61. The van der Waals surface area contributed by atoms with E-state index in [0.29, 0.717) is 5.69 Å². The zero-order valence-electron chi connectivity index (χ0n) is 17.8. The average Bonchev–Trinajstić information content (AvgIpc) is 3.11. The molecule has 0 bridgehead atoms. The maximum Gasteiger partial charge on any atom is 0.303 e. The first-order valence-corrected chi connectivity index (χ1v) is 9.66. The lowest BCUT2D eigenvalue weighted by molar-refractivity contribution is -0.303. The summed E-state index contributed by atoms with van der Waals surface area (Å²) in [5, 5.41) is 17.4. The zero-order chi connectivity index (χ0) is 23.1. The summed E-state index contributed by atoms with van der Waals surface area (Å²) in [5.74, 6) is -1.94. The van der Waals surface area contributed by atoms with Crippen molar-refractivity contribution in [2.45, 2.75) is 77.7 Å². The topological polar surface area (TPSA) is 174 Å². The number of aromatic nitrogens is 3. The monoisotopic (exact) mass is 444 g/mol. The van der Waals surface area contributed by atoms with E-state index in [1.807, 2.05) is 0 Å². The van der Waals surface area contributed by atoms with Crippen LogP contribution in [0.25, 0.3) is 0 Å². The van der Waals surface area contributed by atoms with E-state index in [2.05, 4.69) is 10.3 Å². The van der Waals surface area contributed by atoms with Gasteiger partial charge in [-0.2, -0.15) is 0 Å². The highest BCUT2D eigenvalue weighted by molar-refractivity contribution is 5.68. The van der Waals surface area contributed by atoms with Crippen LogP contribution >= 0.6 is 0 Å². The van der Waals surface area contributed by atoms with E-state index in [1.165, 1.54) is 25.5 Å². The number of esters is 3. The van der Waals surface area contributed by atoms with Crippen LogP contribution in [0, 0.1) is 0 Å². The van der Waals surface area contributed by atoms with Crippen LogP contribution in [0.1, 0.15) is 33.4 Å². The fraction of sp³-hybridized carbons (Fsp3) is 0.722. The molecule has 1 fully saturated rings. The van der Waals surface area contributed by atoms with Crippen molar-refractivity contribution in [1.29, 1.82) is 0 Å². The number of carbonyl (C=O) groups is 3. The number of aliphatic hydroxyl groups excluding tert-OH is 1. The SMILES string of the molecule is CC(=O)O[C@H]1[C@H](OC(C)=O)[C@H](OCc2cn(CC(O)CN)nn2)O[C@@H](C)[C@H]1OC(C)=O. The zero-order valence-corrected chi connectivity index (χ0v) is 17.8. The van der Waals surface area contributed by atoms with Crippen molar-refractivity contribution in [1.82, 2.24) is 15.0 Å². The molecule has 1 saturated heterocycles. The Morgan fingerprint density at radius 3 is 2.29 bits per heavy atom. The lowest BCUT2D eigenvalue weighted by atomic mass is 9.99. The molecule has 0 amide bonds. The third-order valence-corrected chi connectivity index (χ3v) is 4.28. The summed E-state index contributed by atoms with van der Waals surface area (Å²) in [7, 11) is 0. The van der Waals surface area contributed by atoms with E-state index >= 15 is 0 Å². The minimum Gasteiger partial charge on any atom is -0.456 e. The largest absolute Gasteiger partial charge is 0.456 e. The third kappa shape index (κ3) is 7.24. The Morgan fingerprint density at radius 1 is 1.13 bits per heavy atom. The van der Waals surface area contributed by atoms with Crippen molar-refractivity contribution in [2.75, 3.05) is 6.54 Å². The Bertz CT molecular complexity index is 771. The van der Waals surface area contributed by atoms with Gasteiger partial charge in [-0.05, 0) is 6.92 Å². The van der Waals surface area contributed by atoms with Gasteiger partial charge in [0.05, 0.1) is 31.6 Å². The third-order valence-electron chi connectivity index (χ3n) is 4.28. The van der Waals surface area contributed by atoms with Gasteiger partial charge in [-0.15, -0.1) is 5.10 Å². The van der Waals surface area contributed by atoms with Gasteiger partial charge in [0.2, 0.25) is 0 Å². The van der Waals surface area contributed by atoms with Gasteiger partial charge in [0, 0.05) is 27.3 Å². The highest BCUT2D eigenvalue weighted by Crippen LogP contribution is 2.29. The first-order valence-electron chi connectivity index (χ1n) is 9.66. The molecule has 2 heterocycles. The molecule has 0 aromatic carbocycles. The van der Waals surface area contributed by atoms with Crippen LogP contribution in [0.3, 0.4) is 0 Å². The van der Waals surface area contributed by atoms with Gasteiger partial charge in [0.15, 0.2) is 24.6 Å². The number of aliphatic hydroxyl groups is 1. The molecule has 13 heteroatoms. The molecule has 0 aliphatic carbocycles. The molecule has 2 rings (SSSR count). The van der Waals surface area contributed by atoms with Crippen LogP contribution in [0.2, 0.25) is 0 Å². The summed E-state index contributed by atoms with van der Waals surface area (Å²) in [6.07, 6.45) is -4.45. The number of hydrogen-bond acceptors (Lipinski definition) is 12. The maximum atomic E-state index is 11.7. The molecule has 3 N–H and O–H groups in total.